The van der Waals surface area contributed by atoms with E-state index in [-0.39, 0.29) is 6.10 Å². The summed E-state index contributed by atoms with van der Waals surface area (Å²) in [6.07, 6.45) is 2.17. The summed E-state index contributed by atoms with van der Waals surface area (Å²) in [5.74, 6) is 0.577. The average Bonchev–Trinajstić information content (AvgIpc) is 2.46. The van der Waals surface area contributed by atoms with Crippen molar-refractivity contribution in [3.8, 4) is 0 Å². The number of hydrogen-bond donors (Lipinski definition) is 1. The molecule has 0 aliphatic carbocycles. The molecule has 0 spiro atoms. The van der Waals surface area contributed by atoms with Crippen LogP contribution >= 0.6 is 11.6 Å². The van der Waals surface area contributed by atoms with Crippen LogP contribution in [0.1, 0.15) is 31.5 Å². The van der Waals surface area contributed by atoms with Crippen molar-refractivity contribution in [1.82, 2.24) is 9.78 Å². The highest BCUT2D eigenvalue weighted by Crippen LogP contribution is 2.31. The molecule has 5 heteroatoms. The third-order valence-electron chi connectivity index (χ3n) is 2.85. The summed E-state index contributed by atoms with van der Waals surface area (Å²) < 4.78 is 7.34. The van der Waals surface area contributed by atoms with Gasteiger partial charge in [-0.1, -0.05) is 11.6 Å². The maximum absolute atomic E-state index is 6.01. The number of anilines is 1. The van der Waals surface area contributed by atoms with Crippen molar-refractivity contribution in [2.45, 2.75) is 38.8 Å². The molecular formula is C10H16ClN3O. The van der Waals surface area contributed by atoms with Crippen molar-refractivity contribution in [1.29, 1.82) is 0 Å². The minimum absolute atomic E-state index is 0.270. The quantitative estimate of drug-likeness (QED) is 0.803. The van der Waals surface area contributed by atoms with Gasteiger partial charge in [0.15, 0.2) is 0 Å². The summed E-state index contributed by atoms with van der Waals surface area (Å²) in [6, 6.07) is 0.319. The minimum atomic E-state index is 0.270. The lowest BCUT2D eigenvalue weighted by atomic mass is 10.0. The maximum Gasteiger partial charge on any atom is 0.141 e. The van der Waals surface area contributed by atoms with E-state index >= 15 is 0 Å². The SMILES string of the molecule is Cc1nn(C2CCOC(C)C2)c(N)c1Cl. The lowest BCUT2D eigenvalue weighted by Gasteiger charge is -2.28. The molecule has 2 atom stereocenters. The number of halogens is 1. The van der Waals surface area contributed by atoms with E-state index in [4.69, 9.17) is 22.1 Å². The fourth-order valence-corrected chi connectivity index (χ4v) is 2.14. The molecule has 1 aliphatic heterocycles. The zero-order valence-electron chi connectivity index (χ0n) is 9.03. The van der Waals surface area contributed by atoms with Crippen LogP contribution in [-0.2, 0) is 4.74 Å². The molecule has 0 bridgehead atoms. The zero-order valence-corrected chi connectivity index (χ0v) is 9.79. The maximum atomic E-state index is 6.01. The van der Waals surface area contributed by atoms with Crippen LogP contribution in [0.5, 0.6) is 0 Å². The van der Waals surface area contributed by atoms with E-state index < -0.39 is 0 Å². The van der Waals surface area contributed by atoms with Crippen LogP contribution in [-0.4, -0.2) is 22.5 Å². The lowest BCUT2D eigenvalue weighted by molar-refractivity contribution is 0.00394. The van der Waals surface area contributed by atoms with Crippen molar-refractivity contribution in [3.63, 3.8) is 0 Å². The standard InChI is InChI=1S/C10H16ClN3O/c1-6-5-8(3-4-15-6)14-10(12)9(11)7(2)13-14/h6,8H,3-5,12H2,1-2H3. The second kappa shape index (κ2) is 4.02. The third kappa shape index (κ3) is 1.96. The van der Waals surface area contributed by atoms with Gasteiger partial charge in [0.1, 0.15) is 10.8 Å². The van der Waals surface area contributed by atoms with Gasteiger partial charge in [-0.15, -0.1) is 0 Å². The predicted octanol–water partition coefficient (Wildman–Crippen LogP) is 2.17. The van der Waals surface area contributed by atoms with E-state index in [9.17, 15) is 0 Å². The van der Waals surface area contributed by atoms with E-state index in [0.717, 1.165) is 25.1 Å². The summed E-state index contributed by atoms with van der Waals surface area (Å²) in [6.45, 7) is 4.71. The van der Waals surface area contributed by atoms with Gasteiger partial charge >= 0.3 is 0 Å². The van der Waals surface area contributed by atoms with Gasteiger partial charge in [-0.3, -0.25) is 0 Å². The summed E-state index contributed by atoms with van der Waals surface area (Å²) in [4.78, 5) is 0. The first-order valence-corrected chi connectivity index (χ1v) is 5.59. The van der Waals surface area contributed by atoms with E-state index in [0.29, 0.717) is 16.9 Å². The van der Waals surface area contributed by atoms with Crippen LogP contribution in [0, 0.1) is 6.92 Å². The summed E-state index contributed by atoms with van der Waals surface area (Å²) in [5.41, 5.74) is 6.71. The molecule has 1 aliphatic rings. The smallest absolute Gasteiger partial charge is 0.141 e. The van der Waals surface area contributed by atoms with Crippen LogP contribution in [0.15, 0.2) is 0 Å². The Bertz CT molecular complexity index is 364. The molecule has 84 valence electrons. The van der Waals surface area contributed by atoms with Crippen molar-refractivity contribution in [2.75, 3.05) is 12.3 Å². The Morgan fingerprint density at radius 3 is 2.87 bits per heavy atom. The zero-order chi connectivity index (χ0) is 11.0. The highest BCUT2D eigenvalue weighted by molar-refractivity contribution is 6.33. The van der Waals surface area contributed by atoms with E-state index in [1.165, 1.54) is 0 Å². The first-order chi connectivity index (χ1) is 7.09. The normalized spacial score (nSPS) is 26.9. The Morgan fingerprint density at radius 2 is 2.33 bits per heavy atom. The molecule has 1 aromatic rings. The molecule has 0 aromatic carbocycles. The minimum Gasteiger partial charge on any atom is -0.383 e. The van der Waals surface area contributed by atoms with Crippen LogP contribution < -0.4 is 5.73 Å². The van der Waals surface area contributed by atoms with Crippen molar-refractivity contribution in [2.24, 2.45) is 0 Å². The number of nitrogen functional groups attached to an aromatic ring is 1. The predicted molar refractivity (Wildman–Crippen MR) is 60.1 cm³/mol. The molecule has 2 unspecified atom stereocenters. The lowest BCUT2D eigenvalue weighted by Crippen LogP contribution is -2.26. The topological polar surface area (TPSA) is 53.1 Å². The fourth-order valence-electron chi connectivity index (χ4n) is 2.02. The number of nitrogens with two attached hydrogens (primary N) is 1. The van der Waals surface area contributed by atoms with Gasteiger partial charge in [-0.05, 0) is 26.7 Å². The van der Waals surface area contributed by atoms with Gasteiger partial charge in [0.25, 0.3) is 0 Å². The molecule has 0 saturated carbocycles. The van der Waals surface area contributed by atoms with Crippen LogP contribution in [0.25, 0.3) is 0 Å². The van der Waals surface area contributed by atoms with Crippen LogP contribution in [0.4, 0.5) is 5.82 Å². The van der Waals surface area contributed by atoms with Gasteiger partial charge in [-0.2, -0.15) is 5.10 Å². The number of nitrogens with zero attached hydrogens (tertiary/aromatic N) is 2. The monoisotopic (exact) mass is 229 g/mol. The molecule has 2 N–H and O–H groups in total. The number of aryl methyl sites for hydroxylation is 1. The fraction of sp³-hybridized carbons (Fsp3) is 0.700. The average molecular weight is 230 g/mol. The largest absolute Gasteiger partial charge is 0.383 e. The first-order valence-electron chi connectivity index (χ1n) is 5.21. The number of rotatable bonds is 1. The van der Waals surface area contributed by atoms with Gasteiger partial charge in [-0.25, -0.2) is 4.68 Å². The molecule has 1 fully saturated rings. The molecular weight excluding hydrogens is 214 g/mol. The first kappa shape index (κ1) is 10.8. The van der Waals surface area contributed by atoms with Gasteiger partial charge < -0.3 is 10.5 Å². The van der Waals surface area contributed by atoms with Gasteiger partial charge in [0.2, 0.25) is 0 Å². The molecule has 0 amide bonds. The Balaban J connectivity index is 2.25. The summed E-state index contributed by atoms with van der Waals surface area (Å²) in [7, 11) is 0. The van der Waals surface area contributed by atoms with Gasteiger partial charge in [0.05, 0.1) is 17.8 Å². The molecule has 2 heterocycles. The van der Waals surface area contributed by atoms with Crippen LogP contribution in [0.2, 0.25) is 5.02 Å². The summed E-state index contributed by atoms with van der Waals surface area (Å²) >= 11 is 6.01. The molecule has 15 heavy (non-hydrogen) atoms. The van der Waals surface area contributed by atoms with E-state index in [1.807, 2.05) is 11.6 Å². The summed E-state index contributed by atoms with van der Waals surface area (Å²) in [5, 5.41) is 4.95. The third-order valence-corrected chi connectivity index (χ3v) is 3.32. The van der Waals surface area contributed by atoms with Gasteiger partial charge in [0, 0.05) is 6.61 Å². The Morgan fingerprint density at radius 1 is 1.60 bits per heavy atom. The van der Waals surface area contributed by atoms with Crippen molar-refractivity contribution in [3.05, 3.63) is 10.7 Å². The van der Waals surface area contributed by atoms with E-state index in [2.05, 4.69) is 12.0 Å². The highest BCUT2D eigenvalue weighted by Gasteiger charge is 2.24. The second-order valence-corrected chi connectivity index (χ2v) is 4.47. The molecule has 0 radical (unpaired) electrons. The number of hydrogen-bond acceptors (Lipinski definition) is 3. The molecule has 4 nitrogen and oxygen atoms in total. The van der Waals surface area contributed by atoms with Crippen LogP contribution in [0.3, 0.4) is 0 Å². The highest BCUT2D eigenvalue weighted by atomic mass is 35.5. The molecule has 2 rings (SSSR count). The Labute approximate surface area is 94.3 Å². The molecule has 1 saturated heterocycles. The number of aromatic nitrogens is 2. The van der Waals surface area contributed by atoms with Crippen molar-refractivity contribution >= 4 is 17.4 Å². The molecule has 1 aromatic heterocycles. The Hall–Kier alpha value is -0.740. The second-order valence-electron chi connectivity index (χ2n) is 4.09. The Kier molecular flexibility index (Phi) is 2.89. The van der Waals surface area contributed by atoms with E-state index in [1.54, 1.807) is 0 Å². The van der Waals surface area contributed by atoms with Crippen molar-refractivity contribution < 1.29 is 4.74 Å². The number of ether oxygens (including phenoxy) is 1.